The molecule has 136 valence electrons. The standard InChI is InChI=1S/C21H30N2O2/c24-20(25-19-8-4-5-9-19)22-18-14-21(15-18)10-12-23(13-11-21)16-17-6-2-1-3-7-17/h1-3,6-7,18-19H,4-5,8-16H2,(H,22,24). The summed E-state index contributed by atoms with van der Waals surface area (Å²) in [5.74, 6) is 0. The number of amides is 1. The van der Waals surface area contributed by atoms with Crippen molar-refractivity contribution in [3.05, 3.63) is 35.9 Å². The summed E-state index contributed by atoms with van der Waals surface area (Å²) in [7, 11) is 0. The summed E-state index contributed by atoms with van der Waals surface area (Å²) in [5.41, 5.74) is 1.87. The maximum absolute atomic E-state index is 12.0. The van der Waals surface area contributed by atoms with E-state index in [1.54, 1.807) is 0 Å². The molecule has 4 heteroatoms. The molecule has 2 aliphatic carbocycles. The van der Waals surface area contributed by atoms with Crippen LogP contribution >= 0.6 is 0 Å². The third kappa shape index (κ3) is 4.17. The zero-order valence-electron chi connectivity index (χ0n) is 15.1. The number of rotatable bonds is 4. The fourth-order valence-electron chi connectivity index (χ4n) is 4.88. The predicted molar refractivity (Wildman–Crippen MR) is 98.3 cm³/mol. The van der Waals surface area contributed by atoms with E-state index in [0.717, 1.165) is 32.2 Å². The van der Waals surface area contributed by atoms with Crippen LogP contribution in [0.4, 0.5) is 4.79 Å². The van der Waals surface area contributed by atoms with Gasteiger partial charge in [-0.05, 0) is 75.4 Å². The highest BCUT2D eigenvalue weighted by atomic mass is 16.6. The van der Waals surface area contributed by atoms with Gasteiger partial charge in [-0.25, -0.2) is 4.79 Å². The van der Waals surface area contributed by atoms with Crippen molar-refractivity contribution in [3.63, 3.8) is 0 Å². The average molecular weight is 342 g/mol. The van der Waals surface area contributed by atoms with Crippen LogP contribution in [0.1, 0.15) is 56.9 Å². The number of carbonyl (C=O) groups excluding carboxylic acids is 1. The van der Waals surface area contributed by atoms with Crippen LogP contribution in [0.15, 0.2) is 30.3 Å². The Hall–Kier alpha value is -1.55. The number of hydrogen-bond donors (Lipinski definition) is 1. The van der Waals surface area contributed by atoms with Gasteiger partial charge in [-0.1, -0.05) is 30.3 Å². The van der Waals surface area contributed by atoms with Gasteiger partial charge in [0.2, 0.25) is 0 Å². The lowest BCUT2D eigenvalue weighted by molar-refractivity contribution is 0.00104. The van der Waals surface area contributed by atoms with Crippen molar-refractivity contribution in [1.29, 1.82) is 0 Å². The summed E-state index contributed by atoms with van der Waals surface area (Å²) in [6, 6.07) is 11.1. The van der Waals surface area contributed by atoms with E-state index < -0.39 is 0 Å². The van der Waals surface area contributed by atoms with Crippen LogP contribution in [0.5, 0.6) is 0 Å². The quantitative estimate of drug-likeness (QED) is 0.896. The van der Waals surface area contributed by atoms with Gasteiger partial charge in [0.05, 0.1) is 0 Å². The Morgan fingerprint density at radius 1 is 1.12 bits per heavy atom. The van der Waals surface area contributed by atoms with E-state index in [0.29, 0.717) is 11.5 Å². The molecule has 1 N–H and O–H groups in total. The summed E-state index contributed by atoms with van der Waals surface area (Å²) < 4.78 is 5.52. The summed E-state index contributed by atoms with van der Waals surface area (Å²) in [6.45, 7) is 3.41. The number of likely N-dealkylation sites (tertiary alicyclic amines) is 1. The Morgan fingerprint density at radius 3 is 2.48 bits per heavy atom. The second kappa shape index (κ2) is 7.36. The highest BCUT2D eigenvalue weighted by molar-refractivity contribution is 5.68. The molecule has 4 nitrogen and oxygen atoms in total. The Kier molecular flexibility index (Phi) is 4.98. The third-order valence-electron chi connectivity index (χ3n) is 6.42. The molecule has 1 aromatic rings. The molecule has 1 heterocycles. The van der Waals surface area contributed by atoms with Crippen LogP contribution in [0.3, 0.4) is 0 Å². The van der Waals surface area contributed by atoms with Crippen LogP contribution in [-0.4, -0.2) is 36.2 Å². The number of nitrogens with one attached hydrogen (secondary N) is 1. The van der Waals surface area contributed by atoms with E-state index in [1.165, 1.54) is 44.3 Å². The zero-order valence-corrected chi connectivity index (χ0v) is 15.1. The maximum atomic E-state index is 12.0. The van der Waals surface area contributed by atoms with Crippen molar-refractivity contribution in [2.75, 3.05) is 13.1 Å². The molecule has 1 amide bonds. The molecule has 0 atom stereocenters. The summed E-state index contributed by atoms with van der Waals surface area (Å²) in [5, 5.41) is 3.09. The van der Waals surface area contributed by atoms with Crippen molar-refractivity contribution < 1.29 is 9.53 Å². The van der Waals surface area contributed by atoms with Gasteiger partial charge in [0, 0.05) is 12.6 Å². The van der Waals surface area contributed by atoms with Gasteiger partial charge in [-0.15, -0.1) is 0 Å². The summed E-state index contributed by atoms with van der Waals surface area (Å²) >= 11 is 0. The normalized spacial score (nSPS) is 24.2. The first-order chi connectivity index (χ1) is 12.2. The molecular weight excluding hydrogens is 312 g/mol. The molecule has 0 aromatic heterocycles. The smallest absolute Gasteiger partial charge is 0.407 e. The van der Waals surface area contributed by atoms with E-state index in [2.05, 4.69) is 40.5 Å². The van der Waals surface area contributed by atoms with Gasteiger partial charge in [0.25, 0.3) is 0 Å². The van der Waals surface area contributed by atoms with E-state index in [9.17, 15) is 4.79 Å². The Labute approximate surface area is 150 Å². The first kappa shape index (κ1) is 16.9. The topological polar surface area (TPSA) is 41.6 Å². The minimum Gasteiger partial charge on any atom is -0.446 e. The molecule has 4 rings (SSSR count). The van der Waals surface area contributed by atoms with Gasteiger partial charge < -0.3 is 10.1 Å². The first-order valence-corrected chi connectivity index (χ1v) is 9.94. The molecule has 2 saturated carbocycles. The average Bonchev–Trinajstić information content (AvgIpc) is 3.09. The number of alkyl carbamates (subject to hydrolysis) is 1. The highest BCUT2D eigenvalue weighted by Gasteiger charge is 2.46. The van der Waals surface area contributed by atoms with Crippen LogP contribution in [0.25, 0.3) is 0 Å². The number of benzene rings is 1. The monoisotopic (exact) mass is 342 g/mol. The Balaban J connectivity index is 1.17. The molecule has 1 aliphatic heterocycles. The van der Waals surface area contributed by atoms with Gasteiger partial charge in [-0.2, -0.15) is 0 Å². The van der Waals surface area contributed by atoms with Crippen LogP contribution in [0, 0.1) is 5.41 Å². The van der Waals surface area contributed by atoms with Crippen molar-refractivity contribution in [3.8, 4) is 0 Å². The number of piperidine rings is 1. The second-order valence-corrected chi connectivity index (χ2v) is 8.32. The Bertz CT molecular complexity index is 567. The van der Waals surface area contributed by atoms with Crippen molar-refractivity contribution >= 4 is 6.09 Å². The number of nitrogens with zero attached hydrogens (tertiary/aromatic N) is 1. The van der Waals surface area contributed by atoms with Crippen LogP contribution in [0.2, 0.25) is 0 Å². The van der Waals surface area contributed by atoms with Crippen molar-refractivity contribution in [1.82, 2.24) is 10.2 Å². The molecule has 1 saturated heterocycles. The van der Waals surface area contributed by atoms with Crippen molar-refractivity contribution in [2.24, 2.45) is 5.41 Å². The number of hydrogen-bond acceptors (Lipinski definition) is 3. The van der Waals surface area contributed by atoms with Gasteiger partial charge in [-0.3, -0.25) is 4.90 Å². The predicted octanol–water partition coefficient (Wildman–Crippen LogP) is 4.10. The molecule has 3 fully saturated rings. The molecular formula is C21H30N2O2. The minimum atomic E-state index is -0.187. The van der Waals surface area contributed by atoms with E-state index in [4.69, 9.17) is 4.74 Å². The lowest BCUT2D eigenvalue weighted by atomic mass is 9.60. The molecule has 1 aromatic carbocycles. The molecule has 0 unspecified atom stereocenters. The molecule has 0 radical (unpaired) electrons. The fourth-order valence-corrected chi connectivity index (χ4v) is 4.88. The van der Waals surface area contributed by atoms with Gasteiger partial charge >= 0.3 is 6.09 Å². The lowest BCUT2D eigenvalue weighted by Crippen LogP contribution is -2.55. The number of carbonyl (C=O) groups is 1. The minimum absolute atomic E-state index is 0.162. The molecule has 25 heavy (non-hydrogen) atoms. The zero-order chi connectivity index (χ0) is 17.1. The largest absolute Gasteiger partial charge is 0.446 e. The van der Waals surface area contributed by atoms with E-state index in [1.807, 2.05) is 0 Å². The summed E-state index contributed by atoms with van der Waals surface area (Å²) in [4.78, 5) is 14.6. The van der Waals surface area contributed by atoms with Crippen molar-refractivity contribution in [2.45, 2.75) is 70.1 Å². The molecule has 1 spiro atoms. The van der Waals surface area contributed by atoms with Crippen LogP contribution in [-0.2, 0) is 11.3 Å². The number of ether oxygens (including phenoxy) is 1. The SMILES string of the molecule is O=C(NC1CC2(CCN(Cc3ccccc3)CC2)C1)OC1CCCC1. The first-order valence-electron chi connectivity index (χ1n) is 9.94. The summed E-state index contributed by atoms with van der Waals surface area (Å²) in [6.07, 6.45) is 9.24. The van der Waals surface area contributed by atoms with Crippen LogP contribution < -0.4 is 5.32 Å². The fraction of sp³-hybridized carbons (Fsp3) is 0.667. The molecule has 3 aliphatic rings. The van der Waals surface area contributed by atoms with E-state index >= 15 is 0 Å². The van der Waals surface area contributed by atoms with Gasteiger partial charge in [0.1, 0.15) is 6.10 Å². The lowest BCUT2D eigenvalue weighted by Gasteiger charge is -2.52. The third-order valence-corrected chi connectivity index (χ3v) is 6.42. The molecule has 0 bridgehead atoms. The van der Waals surface area contributed by atoms with E-state index in [-0.39, 0.29) is 12.2 Å². The van der Waals surface area contributed by atoms with Gasteiger partial charge in [0.15, 0.2) is 0 Å². The Morgan fingerprint density at radius 2 is 1.80 bits per heavy atom. The highest BCUT2D eigenvalue weighted by Crippen LogP contribution is 2.49. The maximum Gasteiger partial charge on any atom is 0.407 e. The second-order valence-electron chi connectivity index (χ2n) is 8.32.